The summed E-state index contributed by atoms with van der Waals surface area (Å²) in [6.45, 7) is 0. The highest BCUT2D eigenvalue weighted by Gasteiger charge is 1.97. The minimum Gasteiger partial charge on any atom is -0.198 e. The minimum absolute atomic E-state index is 0.398. The van der Waals surface area contributed by atoms with E-state index < -0.39 is 9.05 Å². The van der Waals surface area contributed by atoms with Gasteiger partial charge in [-0.2, -0.15) is 8.42 Å². The first-order valence-electron chi connectivity index (χ1n) is 3.21. The Morgan fingerprint density at radius 2 is 1.85 bits per heavy atom. The van der Waals surface area contributed by atoms with Gasteiger partial charge in [0.1, 0.15) is 0 Å². The van der Waals surface area contributed by atoms with Crippen LogP contribution in [0.3, 0.4) is 0 Å². The van der Waals surface area contributed by atoms with E-state index in [2.05, 4.69) is 5.92 Å². The lowest BCUT2D eigenvalue weighted by atomic mass is 10.2. The first-order valence-corrected chi connectivity index (χ1v) is 5.90. The zero-order valence-electron chi connectivity index (χ0n) is 6.29. The van der Waals surface area contributed by atoms with Crippen LogP contribution in [0.5, 0.6) is 0 Å². The Morgan fingerprint density at radius 1 is 1.23 bits per heavy atom. The smallest absolute Gasteiger partial charge is 0.198 e. The summed E-state index contributed by atoms with van der Waals surface area (Å²) in [5, 5.41) is 2.28. The van der Waals surface area contributed by atoms with Crippen LogP contribution in [0.15, 0.2) is 24.3 Å². The zero-order valence-corrected chi connectivity index (χ0v) is 8.62. The number of benzene rings is 1. The van der Waals surface area contributed by atoms with Gasteiger partial charge in [-0.15, -0.1) is 0 Å². The first-order chi connectivity index (χ1) is 5.99. The standard InChI is InChI=1S/C8H4Cl2O2S/c9-8-4-2-1-3-7(8)5-6-13(10,11)12/h1-4H. The molecule has 13 heavy (non-hydrogen) atoms. The van der Waals surface area contributed by atoms with Gasteiger partial charge in [0.05, 0.1) is 5.02 Å². The molecule has 0 saturated heterocycles. The van der Waals surface area contributed by atoms with Crippen molar-refractivity contribution in [2.24, 2.45) is 0 Å². The lowest BCUT2D eigenvalue weighted by Crippen LogP contribution is -1.81. The predicted octanol–water partition coefficient (Wildman–Crippen LogP) is 2.22. The number of hydrogen-bond donors (Lipinski definition) is 0. The van der Waals surface area contributed by atoms with E-state index in [0.29, 0.717) is 10.6 Å². The third kappa shape index (κ3) is 3.69. The molecule has 0 unspecified atom stereocenters. The Balaban J connectivity index is 3.11. The molecule has 1 rings (SSSR count). The van der Waals surface area contributed by atoms with E-state index in [4.69, 9.17) is 22.3 Å². The van der Waals surface area contributed by atoms with E-state index in [9.17, 15) is 8.42 Å². The summed E-state index contributed by atoms with van der Waals surface area (Å²) in [6.07, 6.45) is 0. The fourth-order valence-electron chi connectivity index (χ4n) is 0.679. The minimum atomic E-state index is -3.79. The van der Waals surface area contributed by atoms with Crippen LogP contribution in [0.2, 0.25) is 5.02 Å². The van der Waals surface area contributed by atoms with Crippen LogP contribution in [-0.2, 0) is 9.05 Å². The predicted molar refractivity (Wildman–Crippen MR) is 53.1 cm³/mol. The molecule has 0 N–H and O–H groups in total. The maximum Gasteiger partial charge on any atom is 0.301 e. The van der Waals surface area contributed by atoms with Crippen molar-refractivity contribution in [1.82, 2.24) is 0 Å². The van der Waals surface area contributed by atoms with Crippen molar-refractivity contribution in [2.45, 2.75) is 0 Å². The summed E-state index contributed by atoms with van der Waals surface area (Å²) in [6, 6.07) is 6.66. The summed E-state index contributed by atoms with van der Waals surface area (Å²) in [4.78, 5) is 0. The van der Waals surface area contributed by atoms with Gasteiger partial charge in [0, 0.05) is 21.5 Å². The van der Waals surface area contributed by atoms with Crippen molar-refractivity contribution in [3.05, 3.63) is 34.9 Å². The quantitative estimate of drug-likeness (QED) is 0.510. The summed E-state index contributed by atoms with van der Waals surface area (Å²) in [7, 11) is 1.10. The highest BCUT2D eigenvalue weighted by atomic mass is 35.7. The molecule has 1 aromatic rings. The molecular formula is C8H4Cl2O2S. The van der Waals surface area contributed by atoms with Crippen LogP contribution in [0.1, 0.15) is 5.56 Å². The van der Waals surface area contributed by atoms with Crippen LogP contribution in [0.4, 0.5) is 0 Å². The Bertz CT molecular complexity index is 468. The fourth-order valence-corrected chi connectivity index (χ4v) is 1.21. The molecule has 0 radical (unpaired) electrons. The second-order valence-corrected chi connectivity index (χ2v) is 4.85. The maximum absolute atomic E-state index is 10.5. The molecule has 0 heterocycles. The molecule has 0 saturated carbocycles. The second kappa shape index (κ2) is 4.01. The fraction of sp³-hybridized carbons (Fsp3) is 0. The van der Waals surface area contributed by atoms with Crippen molar-refractivity contribution < 1.29 is 8.42 Å². The van der Waals surface area contributed by atoms with Crippen molar-refractivity contribution in [2.75, 3.05) is 0 Å². The van der Waals surface area contributed by atoms with Crippen molar-refractivity contribution >= 4 is 31.3 Å². The highest BCUT2D eigenvalue weighted by Crippen LogP contribution is 2.13. The molecule has 0 aliphatic carbocycles. The average molecular weight is 235 g/mol. The molecule has 0 fully saturated rings. The van der Waals surface area contributed by atoms with Gasteiger partial charge in [-0.1, -0.05) is 23.7 Å². The first kappa shape index (κ1) is 10.4. The Hall–Kier alpha value is -0.690. The zero-order chi connectivity index (χ0) is 9.90. The molecular weight excluding hydrogens is 231 g/mol. The average Bonchev–Trinajstić information content (AvgIpc) is 2.01. The van der Waals surface area contributed by atoms with E-state index >= 15 is 0 Å². The molecule has 0 aliphatic rings. The molecule has 0 amide bonds. The van der Waals surface area contributed by atoms with Gasteiger partial charge in [-0.25, -0.2) is 0 Å². The molecule has 1 aromatic carbocycles. The van der Waals surface area contributed by atoms with Gasteiger partial charge >= 0.3 is 9.05 Å². The van der Waals surface area contributed by atoms with Gasteiger partial charge in [-0.3, -0.25) is 0 Å². The second-order valence-electron chi connectivity index (χ2n) is 2.14. The molecule has 2 nitrogen and oxygen atoms in total. The molecule has 68 valence electrons. The van der Waals surface area contributed by atoms with Gasteiger partial charge in [0.2, 0.25) is 0 Å². The summed E-state index contributed by atoms with van der Waals surface area (Å²) in [5.74, 6) is 2.35. The third-order valence-electron chi connectivity index (χ3n) is 1.18. The van der Waals surface area contributed by atoms with Crippen molar-refractivity contribution in [3.63, 3.8) is 0 Å². The third-order valence-corrected chi connectivity index (χ3v) is 2.09. The monoisotopic (exact) mass is 234 g/mol. The highest BCUT2D eigenvalue weighted by molar-refractivity contribution is 8.17. The summed E-state index contributed by atoms with van der Waals surface area (Å²) < 4.78 is 20.9. The maximum atomic E-state index is 10.5. The molecule has 5 heteroatoms. The summed E-state index contributed by atoms with van der Waals surface area (Å²) >= 11 is 5.71. The Labute approximate surface area is 85.9 Å². The van der Waals surface area contributed by atoms with Gasteiger partial charge in [0.15, 0.2) is 0 Å². The van der Waals surface area contributed by atoms with Crippen LogP contribution in [-0.4, -0.2) is 8.42 Å². The molecule has 0 bridgehead atoms. The molecule has 0 atom stereocenters. The van der Waals surface area contributed by atoms with Gasteiger partial charge < -0.3 is 0 Å². The van der Waals surface area contributed by atoms with E-state index in [1.54, 1.807) is 24.3 Å². The molecule has 0 aromatic heterocycles. The SMILES string of the molecule is O=S(=O)(Cl)C#Cc1ccccc1Cl. The number of rotatable bonds is 0. The van der Waals surface area contributed by atoms with Crippen molar-refractivity contribution in [3.8, 4) is 11.2 Å². The van der Waals surface area contributed by atoms with E-state index in [1.807, 2.05) is 5.25 Å². The molecule has 0 spiro atoms. The van der Waals surface area contributed by atoms with E-state index in [-0.39, 0.29) is 0 Å². The Morgan fingerprint density at radius 3 is 2.38 bits per heavy atom. The lowest BCUT2D eigenvalue weighted by molar-refractivity contribution is 0.618. The van der Waals surface area contributed by atoms with E-state index in [1.165, 1.54) is 0 Å². The van der Waals surface area contributed by atoms with E-state index in [0.717, 1.165) is 0 Å². The topological polar surface area (TPSA) is 34.1 Å². The lowest BCUT2D eigenvalue weighted by Gasteiger charge is -1.91. The molecule has 0 aliphatic heterocycles. The van der Waals surface area contributed by atoms with Crippen molar-refractivity contribution in [1.29, 1.82) is 0 Å². The largest absolute Gasteiger partial charge is 0.301 e. The Kier molecular flexibility index (Phi) is 3.21. The summed E-state index contributed by atoms with van der Waals surface area (Å²) in [5.41, 5.74) is 0.438. The normalized spacial score (nSPS) is 10.3. The van der Waals surface area contributed by atoms with Gasteiger partial charge in [0.25, 0.3) is 0 Å². The van der Waals surface area contributed by atoms with Crippen LogP contribution in [0.25, 0.3) is 0 Å². The van der Waals surface area contributed by atoms with Crippen LogP contribution >= 0.6 is 22.3 Å². The number of halogens is 2. The van der Waals surface area contributed by atoms with Gasteiger partial charge in [-0.05, 0) is 18.1 Å². The van der Waals surface area contributed by atoms with Crippen LogP contribution < -0.4 is 0 Å². The number of hydrogen-bond acceptors (Lipinski definition) is 2. The van der Waals surface area contributed by atoms with Crippen LogP contribution in [0, 0.1) is 11.2 Å².